The average molecular weight is 234 g/mol. The third-order valence-corrected chi connectivity index (χ3v) is 3.99. The number of piperidine rings is 1. The second kappa shape index (κ2) is 5.05. The first-order valence-corrected chi connectivity index (χ1v) is 6.47. The molecule has 3 heteroatoms. The highest BCUT2D eigenvalue weighted by Crippen LogP contribution is 2.34. The number of pyridine rings is 1. The van der Waals surface area contributed by atoms with Gasteiger partial charge in [0, 0.05) is 36.1 Å². The van der Waals surface area contributed by atoms with E-state index in [1.54, 1.807) is 0 Å². The summed E-state index contributed by atoms with van der Waals surface area (Å²) in [6, 6.07) is 4.19. The number of aliphatic hydroxyl groups is 1. The molecule has 1 atom stereocenters. The third-order valence-electron chi connectivity index (χ3n) is 3.99. The Morgan fingerprint density at radius 2 is 2.35 bits per heavy atom. The van der Waals surface area contributed by atoms with E-state index in [2.05, 4.69) is 28.9 Å². The lowest BCUT2D eigenvalue weighted by Gasteiger charge is -2.42. The van der Waals surface area contributed by atoms with Gasteiger partial charge in [0.15, 0.2) is 0 Å². The van der Waals surface area contributed by atoms with Crippen molar-refractivity contribution in [3.05, 3.63) is 24.0 Å². The molecule has 1 aliphatic heterocycles. The molecule has 0 spiro atoms. The monoisotopic (exact) mass is 234 g/mol. The average Bonchev–Trinajstić information content (AvgIpc) is 2.39. The van der Waals surface area contributed by atoms with Crippen LogP contribution in [0.15, 0.2) is 18.3 Å². The predicted octanol–water partition coefficient (Wildman–Crippen LogP) is 2.38. The molecular formula is C14H22N2O. The molecule has 1 saturated heterocycles. The van der Waals surface area contributed by atoms with Crippen LogP contribution in [-0.4, -0.2) is 29.8 Å². The molecular weight excluding hydrogens is 212 g/mol. The lowest BCUT2D eigenvalue weighted by atomic mass is 9.78. The van der Waals surface area contributed by atoms with Gasteiger partial charge < -0.3 is 10.0 Å². The van der Waals surface area contributed by atoms with Gasteiger partial charge in [0.25, 0.3) is 0 Å². The summed E-state index contributed by atoms with van der Waals surface area (Å²) in [5.74, 6) is 0. The summed E-state index contributed by atoms with van der Waals surface area (Å²) in [7, 11) is 0. The van der Waals surface area contributed by atoms with Crippen LogP contribution in [0.25, 0.3) is 0 Å². The Balaban J connectivity index is 2.17. The topological polar surface area (TPSA) is 36.4 Å². The summed E-state index contributed by atoms with van der Waals surface area (Å²) in [4.78, 5) is 6.62. The molecule has 1 N–H and O–H groups in total. The second-order valence-corrected chi connectivity index (χ2v) is 5.19. The maximum atomic E-state index is 9.62. The minimum atomic E-state index is 0.0927. The van der Waals surface area contributed by atoms with Gasteiger partial charge in [-0.3, -0.25) is 4.98 Å². The quantitative estimate of drug-likeness (QED) is 0.872. The Morgan fingerprint density at radius 1 is 1.53 bits per heavy atom. The SMILES string of the molecule is CCC1(CO)CCCN(c2ccnc(C)c2)C1. The number of aliphatic hydroxyl groups excluding tert-OH is 1. The molecule has 1 fully saturated rings. The van der Waals surface area contributed by atoms with Gasteiger partial charge in [-0.1, -0.05) is 6.92 Å². The fraction of sp³-hybridized carbons (Fsp3) is 0.643. The van der Waals surface area contributed by atoms with Crippen molar-refractivity contribution < 1.29 is 5.11 Å². The van der Waals surface area contributed by atoms with Gasteiger partial charge in [0.05, 0.1) is 6.61 Å². The van der Waals surface area contributed by atoms with Crippen LogP contribution >= 0.6 is 0 Å². The van der Waals surface area contributed by atoms with E-state index >= 15 is 0 Å². The second-order valence-electron chi connectivity index (χ2n) is 5.19. The molecule has 2 rings (SSSR count). The lowest BCUT2D eigenvalue weighted by Crippen LogP contribution is -2.45. The van der Waals surface area contributed by atoms with E-state index in [4.69, 9.17) is 0 Å². The molecule has 94 valence electrons. The van der Waals surface area contributed by atoms with Crippen LogP contribution in [-0.2, 0) is 0 Å². The zero-order valence-corrected chi connectivity index (χ0v) is 10.8. The standard InChI is InChI=1S/C14H22N2O/c1-3-14(11-17)6-4-8-16(10-14)13-5-7-15-12(2)9-13/h5,7,9,17H,3-4,6,8,10-11H2,1-2H3. The Labute approximate surface area is 103 Å². The van der Waals surface area contributed by atoms with Crippen molar-refractivity contribution >= 4 is 5.69 Å². The van der Waals surface area contributed by atoms with Gasteiger partial charge >= 0.3 is 0 Å². The number of hydrogen-bond donors (Lipinski definition) is 1. The van der Waals surface area contributed by atoms with E-state index < -0.39 is 0 Å². The normalized spacial score (nSPS) is 25.0. The summed E-state index contributed by atoms with van der Waals surface area (Å²) in [5.41, 5.74) is 2.39. The lowest BCUT2D eigenvalue weighted by molar-refractivity contribution is 0.101. The first kappa shape index (κ1) is 12.4. The van der Waals surface area contributed by atoms with Crippen molar-refractivity contribution in [1.29, 1.82) is 0 Å². The first-order valence-electron chi connectivity index (χ1n) is 6.47. The van der Waals surface area contributed by atoms with Crippen molar-refractivity contribution in [3.63, 3.8) is 0 Å². The van der Waals surface area contributed by atoms with Gasteiger partial charge in [-0.25, -0.2) is 0 Å². The Morgan fingerprint density at radius 3 is 3.00 bits per heavy atom. The molecule has 0 aliphatic carbocycles. The molecule has 1 aliphatic rings. The van der Waals surface area contributed by atoms with E-state index in [1.807, 2.05) is 13.1 Å². The van der Waals surface area contributed by atoms with Gasteiger partial charge in [-0.05, 0) is 38.3 Å². The largest absolute Gasteiger partial charge is 0.396 e. The summed E-state index contributed by atoms with van der Waals surface area (Å²) in [5, 5.41) is 9.62. The summed E-state index contributed by atoms with van der Waals surface area (Å²) in [6.07, 6.45) is 5.21. The molecule has 17 heavy (non-hydrogen) atoms. The van der Waals surface area contributed by atoms with Crippen molar-refractivity contribution in [2.24, 2.45) is 5.41 Å². The zero-order valence-electron chi connectivity index (χ0n) is 10.8. The predicted molar refractivity (Wildman–Crippen MR) is 70.2 cm³/mol. The zero-order chi connectivity index (χ0) is 12.3. The summed E-state index contributed by atoms with van der Waals surface area (Å²) in [6.45, 7) is 6.54. The van der Waals surface area contributed by atoms with Crippen molar-refractivity contribution in [2.75, 3.05) is 24.6 Å². The van der Waals surface area contributed by atoms with Gasteiger partial charge in [-0.2, -0.15) is 0 Å². The van der Waals surface area contributed by atoms with Crippen molar-refractivity contribution in [1.82, 2.24) is 4.98 Å². The minimum Gasteiger partial charge on any atom is -0.396 e. The van der Waals surface area contributed by atoms with E-state index in [1.165, 1.54) is 5.69 Å². The van der Waals surface area contributed by atoms with Crippen LogP contribution in [0.3, 0.4) is 0 Å². The molecule has 0 amide bonds. The number of anilines is 1. The number of aromatic nitrogens is 1. The molecule has 0 radical (unpaired) electrons. The molecule has 3 nitrogen and oxygen atoms in total. The number of rotatable bonds is 3. The maximum absolute atomic E-state index is 9.62. The van der Waals surface area contributed by atoms with E-state index in [-0.39, 0.29) is 5.41 Å². The number of hydrogen-bond acceptors (Lipinski definition) is 3. The Bertz CT molecular complexity index is 374. The van der Waals surface area contributed by atoms with Crippen LogP contribution in [0.2, 0.25) is 0 Å². The Hall–Kier alpha value is -1.09. The highest BCUT2D eigenvalue weighted by atomic mass is 16.3. The highest BCUT2D eigenvalue weighted by molar-refractivity contribution is 5.47. The number of nitrogens with zero attached hydrogens (tertiary/aromatic N) is 2. The van der Waals surface area contributed by atoms with E-state index in [9.17, 15) is 5.11 Å². The van der Waals surface area contributed by atoms with E-state index in [0.717, 1.165) is 38.0 Å². The highest BCUT2D eigenvalue weighted by Gasteiger charge is 2.33. The molecule has 0 bridgehead atoms. The molecule has 1 aromatic rings. The smallest absolute Gasteiger partial charge is 0.0504 e. The van der Waals surface area contributed by atoms with Crippen molar-refractivity contribution in [2.45, 2.75) is 33.1 Å². The van der Waals surface area contributed by atoms with Crippen LogP contribution in [0.4, 0.5) is 5.69 Å². The first-order chi connectivity index (χ1) is 8.19. The molecule has 2 heterocycles. The summed E-state index contributed by atoms with van der Waals surface area (Å²) >= 11 is 0. The van der Waals surface area contributed by atoms with Crippen LogP contribution in [0.5, 0.6) is 0 Å². The van der Waals surface area contributed by atoms with Crippen LogP contribution in [0.1, 0.15) is 31.9 Å². The molecule has 0 saturated carbocycles. The Kier molecular flexibility index (Phi) is 3.67. The maximum Gasteiger partial charge on any atom is 0.0504 e. The molecule has 0 aromatic carbocycles. The fourth-order valence-electron chi connectivity index (χ4n) is 2.69. The molecule has 1 aromatic heterocycles. The van der Waals surface area contributed by atoms with Gasteiger partial charge in [0.2, 0.25) is 0 Å². The number of aryl methyl sites for hydroxylation is 1. The third kappa shape index (κ3) is 2.60. The fourth-order valence-corrected chi connectivity index (χ4v) is 2.69. The van der Waals surface area contributed by atoms with Crippen molar-refractivity contribution in [3.8, 4) is 0 Å². The molecule has 1 unspecified atom stereocenters. The summed E-state index contributed by atoms with van der Waals surface area (Å²) < 4.78 is 0. The van der Waals surface area contributed by atoms with Crippen LogP contribution in [0, 0.1) is 12.3 Å². The van der Waals surface area contributed by atoms with Crippen LogP contribution < -0.4 is 4.90 Å². The van der Waals surface area contributed by atoms with E-state index in [0.29, 0.717) is 6.61 Å². The van der Waals surface area contributed by atoms with Gasteiger partial charge in [-0.15, -0.1) is 0 Å². The van der Waals surface area contributed by atoms with Gasteiger partial charge in [0.1, 0.15) is 0 Å². The minimum absolute atomic E-state index is 0.0927.